The van der Waals surface area contributed by atoms with Crippen molar-refractivity contribution in [2.24, 2.45) is 0 Å². The van der Waals surface area contributed by atoms with Crippen LogP contribution < -0.4 is 10.1 Å². The second-order valence-electron chi connectivity index (χ2n) is 6.63. The molecule has 1 heterocycles. The molecule has 1 amide bonds. The van der Waals surface area contributed by atoms with Crippen LogP contribution in [0.2, 0.25) is 5.02 Å². The van der Waals surface area contributed by atoms with E-state index in [2.05, 4.69) is 10.3 Å². The Balaban J connectivity index is 1.43. The molecule has 3 rings (SSSR count). The summed E-state index contributed by atoms with van der Waals surface area (Å²) in [6.45, 7) is 3.76. The number of aromatic nitrogens is 1. The van der Waals surface area contributed by atoms with Gasteiger partial charge in [-0.1, -0.05) is 35.4 Å². The van der Waals surface area contributed by atoms with Crippen molar-refractivity contribution < 1.29 is 19.1 Å². The van der Waals surface area contributed by atoms with E-state index in [1.807, 2.05) is 31.2 Å². The van der Waals surface area contributed by atoms with Gasteiger partial charge in [0.15, 0.2) is 6.61 Å². The number of thiazole rings is 1. The lowest BCUT2D eigenvalue weighted by molar-refractivity contribution is -0.146. The Morgan fingerprint density at radius 3 is 2.67 bits per heavy atom. The fourth-order valence-corrected chi connectivity index (χ4v) is 3.43. The maximum Gasteiger partial charge on any atom is 0.312 e. The second-order valence-corrected chi connectivity index (χ2v) is 7.98. The Labute approximate surface area is 183 Å². The first-order chi connectivity index (χ1) is 14.4. The van der Waals surface area contributed by atoms with Gasteiger partial charge in [0.1, 0.15) is 17.4 Å². The van der Waals surface area contributed by atoms with Crippen molar-refractivity contribution in [3.8, 4) is 5.75 Å². The summed E-state index contributed by atoms with van der Waals surface area (Å²) in [4.78, 5) is 28.4. The van der Waals surface area contributed by atoms with Crippen molar-refractivity contribution in [1.82, 2.24) is 4.98 Å². The van der Waals surface area contributed by atoms with Gasteiger partial charge >= 0.3 is 5.97 Å². The number of nitrogens with zero attached hydrogens (tertiary/aromatic N) is 1. The van der Waals surface area contributed by atoms with Gasteiger partial charge in [-0.3, -0.25) is 9.59 Å². The molecule has 2 aromatic carbocycles. The zero-order chi connectivity index (χ0) is 21.5. The third-order valence-electron chi connectivity index (χ3n) is 4.21. The molecule has 30 heavy (non-hydrogen) atoms. The predicted octanol–water partition coefficient (Wildman–Crippen LogP) is 4.72. The van der Waals surface area contributed by atoms with Gasteiger partial charge in [-0.15, -0.1) is 11.3 Å². The summed E-state index contributed by atoms with van der Waals surface area (Å²) in [6.07, 6.45) is -0.00942. The Morgan fingerprint density at radius 1 is 1.13 bits per heavy atom. The molecule has 0 radical (unpaired) electrons. The van der Waals surface area contributed by atoms with E-state index in [4.69, 9.17) is 21.1 Å². The molecule has 1 aromatic heterocycles. The number of halogens is 1. The molecule has 0 saturated heterocycles. The molecule has 0 bridgehead atoms. The van der Waals surface area contributed by atoms with Crippen LogP contribution in [0.15, 0.2) is 47.8 Å². The number of benzene rings is 2. The Morgan fingerprint density at radius 2 is 1.90 bits per heavy atom. The average Bonchev–Trinajstić information content (AvgIpc) is 3.17. The van der Waals surface area contributed by atoms with Crippen molar-refractivity contribution in [1.29, 1.82) is 0 Å². The molecular formula is C22H21ClN2O4S. The molecule has 0 saturated carbocycles. The highest BCUT2D eigenvalue weighted by atomic mass is 35.5. The van der Waals surface area contributed by atoms with Gasteiger partial charge in [-0.25, -0.2) is 4.98 Å². The molecule has 0 fully saturated rings. The summed E-state index contributed by atoms with van der Waals surface area (Å²) in [5.41, 5.74) is 3.08. The highest BCUT2D eigenvalue weighted by Gasteiger charge is 2.13. The minimum atomic E-state index is -0.524. The molecule has 3 aromatic rings. The molecule has 1 N–H and O–H groups in total. The van der Waals surface area contributed by atoms with Crippen molar-refractivity contribution >= 4 is 40.5 Å². The molecule has 6 nitrogen and oxygen atoms in total. The molecule has 0 aliphatic heterocycles. The molecule has 8 heteroatoms. The Bertz CT molecular complexity index is 1030. The highest BCUT2D eigenvalue weighted by molar-refractivity contribution is 7.09. The molecule has 0 atom stereocenters. The monoisotopic (exact) mass is 444 g/mol. The minimum Gasteiger partial charge on any atom is -0.486 e. The van der Waals surface area contributed by atoms with Gasteiger partial charge in [0, 0.05) is 16.1 Å². The van der Waals surface area contributed by atoms with Crippen LogP contribution in [0.4, 0.5) is 5.69 Å². The minimum absolute atomic E-state index is 0.00942. The van der Waals surface area contributed by atoms with E-state index in [0.717, 1.165) is 21.9 Å². The van der Waals surface area contributed by atoms with Crippen LogP contribution in [0.1, 0.15) is 21.8 Å². The van der Waals surface area contributed by atoms with Gasteiger partial charge in [-0.2, -0.15) is 0 Å². The summed E-state index contributed by atoms with van der Waals surface area (Å²) in [5, 5.41) is 5.77. The summed E-state index contributed by atoms with van der Waals surface area (Å²) in [6, 6.07) is 13.0. The third kappa shape index (κ3) is 6.30. The normalized spacial score (nSPS) is 10.5. The summed E-state index contributed by atoms with van der Waals surface area (Å²) < 4.78 is 10.7. The first-order valence-corrected chi connectivity index (χ1v) is 10.5. The van der Waals surface area contributed by atoms with E-state index < -0.39 is 11.9 Å². The number of nitrogens with one attached hydrogen (secondary N) is 1. The number of carbonyl (C=O) groups is 2. The highest BCUT2D eigenvalue weighted by Crippen LogP contribution is 2.22. The number of carbonyl (C=O) groups excluding carboxylic acids is 2. The average molecular weight is 445 g/mol. The zero-order valence-electron chi connectivity index (χ0n) is 16.6. The van der Waals surface area contributed by atoms with E-state index >= 15 is 0 Å². The number of ether oxygens (including phenoxy) is 2. The number of aryl methyl sites for hydroxylation is 1. The maximum atomic E-state index is 12.0. The van der Waals surface area contributed by atoms with Gasteiger partial charge < -0.3 is 14.8 Å². The number of esters is 1. The molecular weight excluding hydrogens is 424 g/mol. The first-order valence-electron chi connectivity index (χ1n) is 9.24. The van der Waals surface area contributed by atoms with Crippen LogP contribution in [-0.4, -0.2) is 23.5 Å². The topological polar surface area (TPSA) is 77.5 Å². The molecule has 0 spiro atoms. The number of hydrogen-bond donors (Lipinski definition) is 1. The van der Waals surface area contributed by atoms with E-state index in [1.54, 1.807) is 30.5 Å². The van der Waals surface area contributed by atoms with Gasteiger partial charge in [0.05, 0.1) is 12.1 Å². The maximum absolute atomic E-state index is 12.0. The second kappa shape index (κ2) is 10.2. The van der Waals surface area contributed by atoms with Crippen LogP contribution in [0.25, 0.3) is 0 Å². The van der Waals surface area contributed by atoms with Crippen LogP contribution >= 0.6 is 22.9 Å². The lowest BCUT2D eigenvalue weighted by atomic mass is 10.2. The number of rotatable bonds is 8. The molecule has 0 aliphatic rings. The van der Waals surface area contributed by atoms with Crippen molar-refractivity contribution in [2.45, 2.75) is 26.9 Å². The van der Waals surface area contributed by atoms with Crippen LogP contribution in [0.5, 0.6) is 5.75 Å². The number of hydrogen-bond acceptors (Lipinski definition) is 6. The predicted molar refractivity (Wildman–Crippen MR) is 117 cm³/mol. The SMILES string of the molecule is Cc1ccc(OCc2nc(CC(=O)OCC(=O)Nc3cccc(Cl)c3C)cs2)cc1. The lowest BCUT2D eigenvalue weighted by Gasteiger charge is -2.09. The van der Waals surface area contributed by atoms with E-state index in [9.17, 15) is 9.59 Å². The first kappa shape index (κ1) is 21.8. The zero-order valence-corrected chi connectivity index (χ0v) is 18.2. The van der Waals surface area contributed by atoms with Gasteiger partial charge in [-0.05, 0) is 43.7 Å². The largest absolute Gasteiger partial charge is 0.486 e. The van der Waals surface area contributed by atoms with Gasteiger partial charge in [0.2, 0.25) is 0 Å². The van der Waals surface area contributed by atoms with Crippen molar-refractivity contribution in [3.05, 3.63) is 74.7 Å². The Hall–Kier alpha value is -2.90. The van der Waals surface area contributed by atoms with Crippen LogP contribution in [0.3, 0.4) is 0 Å². The van der Waals surface area contributed by atoms with Crippen molar-refractivity contribution in [2.75, 3.05) is 11.9 Å². The van der Waals surface area contributed by atoms with Crippen LogP contribution in [0, 0.1) is 13.8 Å². The summed E-state index contributed by atoms with van der Waals surface area (Å²) >= 11 is 7.44. The molecule has 0 unspecified atom stereocenters. The fourth-order valence-electron chi connectivity index (χ4n) is 2.55. The van der Waals surface area contributed by atoms with E-state index in [0.29, 0.717) is 23.0 Å². The lowest BCUT2D eigenvalue weighted by Crippen LogP contribution is -2.22. The summed E-state index contributed by atoms with van der Waals surface area (Å²) in [5.74, 6) is -0.193. The quantitative estimate of drug-likeness (QED) is 0.509. The van der Waals surface area contributed by atoms with E-state index in [1.165, 1.54) is 11.3 Å². The Kier molecular flexibility index (Phi) is 7.43. The summed E-state index contributed by atoms with van der Waals surface area (Å²) in [7, 11) is 0. The van der Waals surface area contributed by atoms with Gasteiger partial charge in [0.25, 0.3) is 5.91 Å². The van der Waals surface area contributed by atoms with E-state index in [-0.39, 0.29) is 13.0 Å². The van der Waals surface area contributed by atoms with Crippen molar-refractivity contribution in [3.63, 3.8) is 0 Å². The fraction of sp³-hybridized carbons (Fsp3) is 0.227. The molecule has 156 valence electrons. The molecule has 0 aliphatic carbocycles. The standard InChI is InChI=1S/C22H21ClN2O4S/c1-14-6-8-17(9-7-14)28-12-21-24-16(13-30-21)10-22(27)29-11-20(26)25-19-5-3-4-18(23)15(19)2/h3-9,13H,10-12H2,1-2H3,(H,25,26). The smallest absolute Gasteiger partial charge is 0.312 e. The third-order valence-corrected chi connectivity index (χ3v) is 5.49. The van der Waals surface area contributed by atoms with Crippen LogP contribution in [-0.2, 0) is 27.4 Å². The number of anilines is 1. The number of amides is 1.